The molecular weight excluding hydrogens is 264 g/mol. The summed E-state index contributed by atoms with van der Waals surface area (Å²) >= 11 is 0. The van der Waals surface area contributed by atoms with Gasteiger partial charge in [-0.25, -0.2) is 0 Å². The summed E-state index contributed by atoms with van der Waals surface area (Å²) in [5, 5.41) is 9.62. The van der Waals surface area contributed by atoms with Gasteiger partial charge in [0.05, 0.1) is 0 Å². The summed E-state index contributed by atoms with van der Waals surface area (Å²) in [6, 6.07) is 7.52. The van der Waals surface area contributed by atoms with E-state index in [9.17, 15) is 9.90 Å². The lowest BCUT2D eigenvalue weighted by atomic mass is 9.86. The van der Waals surface area contributed by atoms with Gasteiger partial charge in [-0.15, -0.1) is 0 Å². The Bertz CT molecular complexity index is 483. The van der Waals surface area contributed by atoms with Crippen LogP contribution in [0.25, 0.3) is 0 Å². The summed E-state index contributed by atoms with van der Waals surface area (Å²) in [4.78, 5) is 16.0. The van der Waals surface area contributed by atoms with Crippen molar-refractivity contribution >= 4 is 5.97 Å². The molecule has 116 valence electrons. The fourth-order valence-corrected chi connectivity index (χ4v) is 2.76. The van der Waals surface area contributed by atoms with Gasteiger partial charge in [0, 0.05) is 26.2 Å². The molecular formula is C17H26N2O2. The Kier molecular flexibility index (Phi) is 4.69. The molecule has 1 aliphatic rings. The van der Waals surface area contributed by atoms with Crippen molar-refractivity contribution in [2.24, 2.45) is 0 Å². The number of carboxylic acid groups (broad SMARTS) is 1. The molecule has 0 aromatic heterocycles. The van der Waals surface area contributed by atoms with Crippen LogP contribution in [0.15, 0.2) is 24.3 Å². The Balaban J connectivity index is 2.21. The van der Waals surface area contributed by atoms with E-state index in [2.05, 4.69) is 49.8 Å². The van der Waals surface area contributed by atoms with Crippen molar-refractivity contribution in [2.45, 2.75) is 32.2 Å². The van der Waals surface area contributed by atoms with Crippen molar-refractivity contribution in [3.63, 3.8) is 0 Å². The molecule has 1 aliphatic heterocycles. The van der Waals surface area contributed by atoms with Gasteiger partial charge in [-0.2, -0.15) is 0 Å². The molecule has 0 saturated carbocycles. The van der Waals surface area contributed by atoms with Crippen molar-refractivity contribution in [1.82, 2.24) is 9.80 Å². The van der Waals surface area contributed by atoms with E-state index in [4.69, 9.17) is 0 Å². The van der Waals surface area contributed by atoms with Gasteiger partial charge in [0.2, 0.25) is 0 Å². The van der Waals surface area contributed by atoms with Gasteiger partial charge in [-0.3, -0.25) is 9.69 Å². The molecule has 0 amide bonds. The van der Waals surface area contributed by atoms with Crippen molar-refractivity contribution < 1.29 is 9.90 Å². The molecule has 1 aromatic carbocycles. The summed E-state index contributed by atoms with van der Waals surface area (Å²) in [5.74, 6) is -0.761. The van der Waals surface area contributed by atoms with Gasteiger partial charge >= 0.3 is 5.97 Å². The number of hydrogen-bond donors (Lipinski definition) is 1. The molecule has 1 N–H and O–H groups in total. The van der Waals surface area contributed by atoms with Crippen LogP contribution >= 0.6 is 0 Å². The van der Waals surface area contributed by atoms with E-state index in [0.29, 0.717) is 0 Å². The number of rotatable bonds is 3. The van der Waals surface area contributed by atoms with Crippen LogP contribution in [0.4, 0.5) is 0 Å². The number of nitrogens with zero attached hydrogens (tertiary/aromatic N) is 2. The molecule has 1 unspecified atom stereocenters. The summed E-state index contributed by atoms with van der Waals surface area (Å²) in [6.45, 7) is 9.93. The summed E-state index contributed by atoms with van der Waals surface area (Å²) < 4.78 is 0. The zero-order valence-electron chi connectivity index (χ0n) is 13.5. The molecule has 1 atom stereocenters. The SMILES string of the molecule is CN1CCN(C(C(=O)O)c2ccc(C(C)(C)C)cc2)CC1. The molecule has 0 spiro atoms. The zero-order valence-corrected chi connectivity index (χ0v) is 13.5. The van der Waals surface area contributed by atoms with Crippen molar-refractivity contribution in [3.05, 3.63) is 35.4 Å². The monoisotopic (exact) mass is 290 g/mol. The average Bonchev–Trinajstić information content (AvgIpc) is 2.40. The number of hydrogen-bond acceptors (Lipinski definition) is 3. The van der Waals surface area contributed by atoms with E-state index in [0.717, 1.165) is 31.7 Å². The van der Waals surface area contributed by atoms with Gasteiger partial charge < -0.3 is 10.0 Å². The molecule has 1 heterocycles. The molecule has 1 aromatic rings. The topological polar surface area (TPSA) is 43.8 Å². The number of carbonyl (C=O) groups is 1. The van der Waals surface area contributed by atoms with E-state index in [1.165, 1.54) is 5.56 Å². The minimum Gasteiger partial charge on any atom is -0.480 e. The Morgan fingerprint density at radius 2 is 1.62 bits per heavy atom. The third-order valence-electron chi connectivity index (χ3n) is 4.23. The molecule has 4 heteroatoms. The smallest absolute Gasteiger partial charge is 0.325 e. The quantitative estimate of drug-likeness (QED) is 0.928. The summed E-state index contributed by atoms with van der Waals surface area (Å²) in [7, 11) is 2.07. The van der Waals surface area contributed by atoms with Gasteiger partial charge in [-0.05, 0) is 23.6 Å². The minimum absolute atomic E-state index is 0.0884. The highest BCUT2D eigenvalue weighted by Gasteiger charge is 2.29. The standard InChI is InChI=1S/C17H26N2O2/c1-17(2,3)14-7-5-13(6-8-14)15(16(20)21)19-11-9-18(4)10-12-19/h5-8,15H,9-12H2,1-4H3,(H,20,21). The van der Waals surface area contributed by atoms with Crippen LogP contribution in [-0.4, -0.2) is 54.1 Å². The summed E-state index contributed by atoms with van der Waals surface area (Å²) in [6.07, 6.45) is 0. The highest BCUT2D eigenvalue weighted by Crippen LogP contribution is 2.27. The van der Waals surface area contributed by atoms with Crippen molar-refractivity contribution in [2.75, 3.05) is 33.2 Å². The first-order valence-electron chi connectivity index (χ1n) is 7.55. The molecule has 4 nitrogen and oxygen atoms in total. The Morgan fingerprint density at radius 3 is 2.05 bits per heavy atom. The first-order valence-corrected chi connectivity index (χ1v) is 7.55. The molecule has 0 aliphatic carbocycles. The molecule has 2 rings (SSSR count). The highest BCUT2D eigenvalue weighted by atomic mass is 16.4. The number of benzene rings is 1. The second kappa shape index (κ2) is 6.16. The molecule has 0 radical (unpaired) electrons. The Morgan fingerprint density at radius 1 is 1.10 bits per heavy atom. The number of piperazine rings is 1. The lowest BCUT2D eigenvalue weighted by Gasteiger charge is -2.36. The third-order valence-corrected chi connectivity index (χ3v) is 4.23. The second-order valence-electron chi connectivity index (χ2n) is 6.95. The van der Waals surface area contributed by atoms with Crippen LogP contribution in [-0.2, 0) is 10.2 Å². The fraction of sp³-hybridized carbons (Fsp3) is 0.588. The largest absolute Gasteiger partial charge is 0.480 e. The lowest BCUT2D eigenvalue weighted by Crippen LogP contribution is -2.47. The van der Waals surface area contributed by atoms with Crippen LogP contribution in [0.2, 0.25) is 0 Å². The number of carboxylic acids is 1. The second-order valence-corrected chi connectivity index (χ2v) is 6.95. The Labute approximate surface area is 127 Å². The first-order chi connectivity index (χ1) is 9.79. The summed E-state index contributed by atoms with van der Waals surface area (Å²) in [5.41, 5.74) is 2.19. The highest BCUT2D eigenvalue weighted by molar-refractivity contribution is 5.75. The zero-order chi connectivity index (χ0) is 15.6. The van der Waals surface area contributed by atoms with Gasteiger partial charge in [0.15, 0.2) is 0 Å². The molecule has 0 bridgehead atoms. The maximum Gasteiger partial charge on any atom is 0.325 e. The fourth-order valence-electron chi connectivity index (χ4n) is 2.76. The van der Waals surface area contributed by atoms with Gasteiger partial charge in [0.25, 0.3) is 0 Å². The van der Waals surface area contributed by atoms with Gasteiger partial charge in [-0.1, -0.05) is 45.0 Å². The number of likely N-dealkylation sites (N-methyl/N-ethyl adjacent to an activating group) is 1. The lowest BCUT2D eigenvalue weighted by molar-refractivity contribution is -0.144. The van der Waals surface area contributed by atoms with E-state index >= 15 is 0 Å². The van der Waals surface area contributed by atoms with E-state index < -0.39 is 12.0 Å². The molecule has 1 fully saturated rings. The van der Waals surface area contributed by atoms with Crippen LogP contribution in [0.5, 0.6) is 0 Å². The predicted molar refractivity (Wildman–Crippen MR) is 84.6 cm³/mol. The molecule has 1 saturated heterocycles. The minimum atomic E-state index is -0.761. The first kappa shape index (κ1) is 16.0. The normalized spacial score (nSPS) is 19.4. The van der Waals surface area contributed by atoms with E-state index in [-0.39, 0.29) is 5.41 Å². The van der Waals surface area contributed by atoms with Gasteiger partial charge in [0.1, 0.15) is 6.04 Å². The average molecular weight is 290 g/mol. The Hall–Kier alpha value is -1.39. The van der Waals surface area contributed by atoms with E-state index in [1.54, 1.807) is 0 Å². The van der Waals surface area contributed by atoms with Crippen molar-refractivity contribution in [1.29, 1.82) is 0 Å². The van der Waals surface area contributed by atoms with Crippen LogP contribution in [0.1, 0.15) is 37.9 Å². The molecule has 21 heavy (non-hydrogen) atoms. The van der Waals surface area contributed by atoms with Crippen LogP contribution in [0.3, 0.4) is 0 Å². The third kappa shape index (κ3) is 3.83. The van der Waals surface area contributed by atoms with E-state index in [1.807, 2.05) is 12.1 Å². The maximum absolute atomic E-state index is 11.7. The predicted octanol–water partition coefficient (Wildman–Crippen LogP) is 2.36. The van der Waals surface area contributed by atoms with Crippen molar-refractivity contribution in [3.8, 4) is 0 Å². The van der Waals surface area contributed by atoms with Crippen LogP contribution < -0.4 is 0 Å². The number of aliphatic carboxylic acids is 1. The van der Waals surface area contributed by atoms with Crippen LogP contribution in [0, 0.1) is 0 Å². The maximum atomic E-state index is 11.7.